The first-order valence-corrected chi connectivity index (χ1v) is 13.6. The van der Waals surface area contributed by atoms with E-state index in [1.54, 1.807) is 0 Å². The maximum absolute atomic E-state index is 6.34. The first-order chi connectivity index (χ1) is 20.3. The smallest absolute Gasteiger partial charge is 0.502 e. The molecule has 8 rings (SSSR count). The predicted octanol–water partition coefficient (Wildman–Crippen LogP) is 8.17. The molecule has 42 heavy (non-hydrogen) atoms. The molecule has 5 heteroatoms. The molecule has 0 unspecified atom stereocenters. The average Bonchev–Trinajstić information content (AvgIpc) is 3.63. The van der Waals surface area contributed by atoms with Gasteiger partial charge in [-0.15, -0.1) is 30.0 Å². The summed E-state index contributed by atoms with van der Waals surface area (Å²) < 4.78 is 8.20. The van der Waals surface area contributed by atoms with Crippen LogP contribution in [0.3, 0.4) is 0 Å². The van der Waals surface area contributed by atoms with Gasteiger partial charge in [0.05, 0.1) is 28.2 Å². The number of hydrogen-bond donors (Lipinski definition) is 0. The number of nitrogens with zero attached hydrogens (tertiary/aromatic N) is 3. The summed E-state index contributed by atoms with van der Waals surface area (Å²) in [4.78, 5) is 9.68. The Morgan fingerprint density at radius 3 is 2.17 bits per heavy atom. The van der Waals surface area contributed by atoms with Gasteiger partial charge in [-0.1, -0.05) is 84.9 Å². The summed E-state index contributed by atoms with van der Waals surface area (Å²) in [6.45, 7) is 0. The number of para-hydroxylation sites is 1. The summed E-state index contributed by atoms with van der Waals surface area (Å²) in [7, 11) is 0. The van der Waals surface area contributed by atoms with E-state index in [9.17, 15) is 0 Å². The van der Waals surface area contributed by atoms with Gasteiger partial charge in [-0.05, 0) is 52.0 Å². The Morgan fingerprint density at radius 1 is 0.643 bits per heavy atom. The van der Waals surface area contributed by atoms with E-state index < -0.39 is 5.41 Å². The minimum absolute atomic E-state index is 0. The van der Waals surface area contributed by atoms with Crippen LogP contribution in [0.2, 0.25) is 0 Å². The normalized spacial score (nSPS) is 12.8. The van der Waals surface area contributed by atoms with Crippen molar-refractivity contribution in [2.75, 3.05) is 0 Å². The average molecular weight is 721 g/mol. The molecule has 3 heterocycles. The van der Waals surface area contributed by atoms with Crippen molar-refractivity contribution in [2.45, 2.75) is 5.41 Å². The van der Waals surface area contributed by atoms with Gasteiger partial charge in [-0.2, -0.15) is 12.1 Å². The second-order valence-corrected chi connectivity index (χ2v) is 10.1. The minimum atomic E-state index is -0.627. The molecule has 0 spiro atoms. The number of hydrogen-bond acceptors (Lipinski definition) is 3. The number of ether oxygens (including phenoxy) is 1. The third kappa shape index (κ3) is 4.10. The van der Waals surface area contributed by atoms with Gasteiger partial charge >= 0.3 is 21.1 Å². The Balaban J connectivity index is 0.00000288. The molecule has 0 atom stereocenters. The van der Waals surface area contributed by atoms with Crippen molar-refractivity contribution in [2.24, 2.45) is 0 Å². The van der Waals surface area contributed by atoms with Gasteiger partial charge < -0.3 is 9.30 Å². The van der Waals surface area contributed by atoms with Gasteiger partial charge in [-0.3, -0.25) is 9.97 Å². The number of aromatic nitrogens is 3. The van der Waals surface area contributed by atoms with E-state index in [2.05, 4.69) is 85.1 Å². The molecule has 0 N–H and O–H groups in total. The van der Waals surface area contributed by atoms with Crippen LogP contribution < -0.4 is 4.74 Å². The molecular formula is C37H23N3OPt. The van der Waals surface area contributed by atoms with Crippen molar-refractivity contribution in [3.8, 4) is 28.4 Å². The summed E-state index contributed by atoms with van der Waals surface area (Å²) >= 11 is 0. The molecule has 1 aliphatic rings. The van der Waals surface area contributed by atoms with Crippen LogP contribution in [0.1, 0.15) is 22.4 Å². The van der Waals surface area contributed by atoms with E-state index in [4.69, 9.17) is 14.7 Å². The zero-order valence-electron chi connectivity index (χ0n) is 22.3. The molecule has 3 aromatic heterocycles. The molecule has 202 valence electrons. The molecule has 0 saturated carbocycles. The minimum Gasteiger partial charge on any atom is -0.502 e. The number of fused-ring (bicyclic) bond motifs is 4. The Labute approximate surface area is 258 Å². The summed E-state index contributed by atoms with van der Waals surface area (Å²) in [6.07, 6.45) is 7.08. The molecule has 0 fully saturated rings. The summed E-state index contributed by atoms with van der Waals surface area (Å²) in [5, 5.41) is 1.10. The molecule has 0 amide bonds. The first-order valence-electron chi connectivity index (χ1n) is 13.6. The molecule has 4 nitrogen and oxygen atoms in total. The van der Waals surface area contributed by atoms with Crippen LogP contribution in [0.5, 0.6) is 11.5 Å². The predicted molar refractivity (Wildman–Crippen MR) is 160 cm³/mol. The Hall–Kier alpha value is -4.79. The van der Waals surface area contributed by atoms with Crippen molar-refractivity contribution in [3.63, 3.8) is 0 Å². The zero-order valence-corrected chi connectivity index (χ0v) is 24.6. The van der Waals surface area contributed by atoms with E-state index in [1.165, 1.54) is 22.3 Å². The quantitative estimate of drug-likeness (QED) is 0.169. The Kier molecular flexibility index (Phi) is 6.57. The van der Waals surface area contributed by atoms with Gasteiger partial charge in [0.15, 0.2) is 0 Å². The van der Waals surface area contributed by atoms with Crippen molar-refractivity contribution in [1.82, 2.24) is 14.5 Å². The molecular weight excluding hydrogens is 698 g/mol. The first kappa shape index (κ1) is 26.1. The van der Waals surface area contributed by atoms with Crippen molar-refractivity contribution in [3.05, 3.63) is 174 Å². The maximum Gasteiger partial charge on any atom is 2.00 e. The largest absolute Gasteiger partial charge is 2.00 e. The maximum atomic E-state index is 6.34. The van der Waals surface area contributed by atoms with Crippen LogP contribution in [0.25, 0.3) is 27.8 Å². The Morgan fingerprint density at radius 2 is 1.38 bits per heavy atom. The monoisotopic (exact) mass is 720 g/mol. The number of rotatable bonds is 5. The third-order valence-corrected chi connectivity index (χ3v) is 7.83. The van der Waals surface area contributed by atoms with Crippen LogP contribution in [0, 0.1) is 12.3 Å². The SMILES string of the molecule is [Pt+2].[c-]1c(Oc2[c-]n(-c3ccc4ccccc4n3)cc2)cccc1C1(c2ccccn2)c2ccccc2-c2ccccc21. The van der Waals surface area contributed by atoms with E-state index in [0.29, 0.717) is 11.5 Å². The van der Waals surface area contributed by atoms with Crippen molar-refractivity contribution >= 4 is 10.9 Å². The molecule has 1 aliphatic carbocycles. The molecule has 4 aromatic carbocycles. The van der Waals surface area contributed by atoms with E-state index in [1.807, 2.05) is 71.6 Å². The number of benzene rings is 4. The molecule has 7 aromatic rings. The fourth-order valence-electron chi connectivity index (χ4n) is 6.08. The van der Waals surface area contributed by atoms with Crippen LogP contribution in [0.4, 0.5) is 0 Å². The Bertz CT molecular complexity index is 2000. The summed E-state index contributed by atoms with van der Waals surface area (Å²) in [6, 6.07) is 47.0. The van der Waals surface area contributed by atoms with Crippen LogP contribution in [0.15, 0.2) is 140 Å². The van der Waals surface area contributed by atoms with Crippen LogP contribution >= 0.6 is 0 Å². The van der Waals surface area contributed by atoms with E-state index in [-0.39, 0.29) is 21.1 Å². The molecule has 0 saturated heterocycles. The molecule has 0 radical (unpaired) electrons. The van der Waals surface area contributed by atoms with Gasteiger partial charge in [-0.25, -0.2) is 0 Å². The topological polar surface area (TPSA) is 39.9 Å². The zero-order chi connectivity index (χ0) is 27.2. The van der Waals surface area contributed by atoms with Gasteiger partial charge in [0.2, 0.25) is 0 Å². The summed E-state index contributed by atoms with van der Waals surface area (Å²) in [5.41, 5.74) is 7.03. The van der Waals surface area contributed by atoms with Gasteiger partial charge in [0, 0.05) is 11.9 Å². The second-order valence-electron chi connectivity index (χ2n) is 10.1. The van der Waals surface area contributed by atoms with Crippen LogP contribution in [-0.4, -0.2) is 14.5 Å². The van der Waals surface area contributed by atoms with Crippen molar-refractivity contribution in [1.29, 1.82) is 0 Å². The van der Waals surface area contributed by atoms with Crippen LogP contribution in [-0.2, 0) is 26.5 Å². The third-order valence-electron chi connectivity index (χ3n) is 7.83. The molecule has 0 bridgehead atoms. The van der Waals surface area contributed by atoms with E-state index in [0.717, 1.165) is 28.0 Å². The fraction of sp³-hybridized carbons (Fsp3) is 0.0270. The number of pyridine rings is 2. The second kappa shape index (κ2) is 10.6. The van der Waals surface area contributed by atoms with E-state index >= 15 is 0 Å². The van der Waals surface area contributed by atoms with Gasteiger partial charge in [0.25, 0.3) is 0 Å². The summed E-state index contributed by atoms with van der Waals surface area (Å²) in [5.74, 6) is 1.98. The van der Waals surface area contributed by atoms with Gasteiger partial charge in [0.1, 0.15) is 0 Å². The van der Waals surface area contributed by atoms with Crippen molar-refractivity contribution < 1.29 is 25.8 Å². The molecule has 0 aliphatic heterocycles. The standard InChI is InChI=1S/C37H23N3O.Pt/c1-6-17-34-26(10-1)19-20-36(39-34)40-23-21-29(25-40)41-28-12-9-11-27(24-28)37(35-18-7-8-22-38-35)32-15-4-2-13-30(32)31-14-3-5-16-33(31)37;/h1-23H;/q-2;+2. The fourth-order valence-corrected chi connectivity index (χ4v) is 6.08.